The number of hydrogen-bond donors (Lipinski definition) is 1. The van der Waals surface area contributed by atoms with Gasteiger partial charge in [-0.2, -0.15) is 22.0 Å². The van der Waals surface area contributed by atoms with E-state index in [1.165, 1.54) is 0 Å². The van der Waals surface area contributed by atoms with Crippen molar-refractivity contribution in [3.63, 3.8) is 0 Å². The van der Waals surface area contributed by atoms with Gasteiger partial charge in [-0.05, 0) is 37.2 Å². The zero-order valence-electron chi connectivity index (χ0n) is 13.2. The van der Waals surface area contributed by atoms with E-state index in [9.17, 15) is 31.9 Å². The minimum atomic E-state index is -5.68. The summed E-state index contributed by atoms with van der Waals surface area (Å²) in [5.74, 6) is -5.60. The van der Waals surface area contributed by atoms with Crippen LogP contribution in [0.3, 0.4) is 0 Å². The van der Waals surface area contributed by atoms with Crippen molar-refractivity contribution < 1.29 is 31.9 Å². The Kier molecular flexibility index (Phi) is 4.93. The van der Waals surface area contributed by atoms with Gasteiger partial charge in [0.05, 0.1) is 5.41 Å². The lowest BCUT2D eigenvalue weighted by Crippen LogP contribution is -2.40. The molecule has 0 bridgehead atoms. The lowest BCUT2D eigenvalue weighted by Gasteiger charge is -2.37. The van der Waals surface area contributed by atoms with Crippen LogP contribution in [0.25, 0.3) is 0 Å². The van der Waals surface area contributed by atoms with Crippen LogP contribution in [-0.2, 0) is 16.1 Å². The van der Waals surface area contributed by atoms with Gasteiger partial charge in [0.15, 0.2) is 0 Å². The molecule has 0 aromatic heterocycles. The van der Waals surface area contributed by atoms with E-state index in [4.69, 9.17) is 0 Å². The monoisotopic (exact) mass is 350 g/mol. The van der Waals surface area contributed by atoms with Crippen LogP contribution in [0.15, 0.2) is 24.3 Å². The van der Waals surface area contributed by atoms with Crippen molar-refractivity contribution >= 4 is 5.97 Å². The van der Waals surface area contributed by atoms with Crippen molar-refractivity contribution in [2.45, 2.75) is 56.5 Å². The molecule has 1 aromatic carbocycles. The van der Waals surface area contributed by atoms with Gasteiger partial charge in [0.1, 0.15) is 0 Å². The van der Waals surface area contributed by atoms with E-state index in [-0.39, 0.29) is 5.56 Å². The van der Waals surface area contributed by atoms with Crippen molar-refractivity contribution in [2.75, 3.05) is 0 Å². The first-order valence-corrected chi connectivity index (χ1v) is 7.83. The van der Waals surface area contributed by atoms with Gasteiger partial charge < -0.3 is 5.11 Å². The highest BCUT2D eigenvalue weighted by Gasteiger charge is 2.58. The fourth-order valence-corrected chi connectivity index (χ4v) is 3.37. The van der Waals surface area contributed by atoms with Gasteiger partial charge in [0.25, 0.3) is 0 Å². The molecular formula is C17H19F5O2. The van der Waals surface area contributed by atoms with Gasteiger partial charge in [-0.3, -0.25) is 4.79 Å². The summed E-state index contributed by atoms with van der Waals surface area (Å²) in [5, 5.41) is 9.63. The Morgan fingerprint density at radius 2 is 1.62 bits per heavy atom. The second kappa shape index (κ2) is 6.33. The fraction of sp³-hybridized carbons (Fsp3) is 0.588. The summed E-state index contributed by atoms with van der Waals surface area (Å²) in [6.07, 6.45) is -2.64. The Hall–Kier alpha value is -1.66. The molecule has 0 unspecified atom stereocenters. The maximum absolute atomic E-state index is 13.3. The molecule has 24 heavy (non-hydrogen) atoms. The van der Waals surface area contributed by atoms with E-state index in [1.54, 1.807) is 0 Å². The molecule has 7 heteroatoms. The molecule has 2 rings (SSSR count). The fourth-order valence-electron chi connectivity index (χ4n) is 3.37. The largest absolute Gasteiger partial charge is 0.481 e. The Balaban J connectivity index is 2.33. The summed E-state index contributed by atoms with van der Waals surface area (Å²) in [7, 11) is 0. The van der Waals surface area contributed by atoms with E-state index in [0.717, 1.165) is 18.6 Å². The van der Waals surface area contributed by atoms with E-state index in [0.29, 0.717) is 43.7 Å². The highest BCUT2D eigenvalue weighted by atomic mass is 19.4. The molecule has 0 radical (unpaired) electrons. The van der Waals surface area contributed by atoms with Crippen molar-refractivity contribution in [3.8, 4) is 0 Å². The third kappa shape index (κ3) is 3.13. The van der Waals surface area contributed by atoms with Gasteiger partial charge in [-0.25, -0.2) is 0 Å². The van der Waals surface area contributed by atoms with Gasteiger partial charge in [0.2, 0.25) is 0 Å². The lowest BCUT2D eigenvalue weighted by atomic mass is 9.66. The highest BCUT2D eigenvalue weighted by Crippen LogP contribution is 2.46. The van der Waals surface area contributed by atoms with E-state index >= 15 is 0 Å². The third-order valence-electron chi connectivity index (χ3n) is 5.10. The molecule has 0 amide bonds. The van der Waals surface area contributed by atoms with Gasteiger partial charge in [-0.1, -0.05) is 37.6 Å². The molecule has 1 N–H and O–H groups in total. The third-order valence-corrected chi connectivity index (χ3v) is 5.10. The number of carbonyl (C=O) groups is 1. The molecule has 0 spiro atoms. The lowest BCUT2D eigenvalue weighted by molar-refractivity contribution is -0.289. The predicted octanol–water partition coefficient (Wildman–Crippen LogP) is 5.26. The zero-order valence-corrected chi connectivity index (χ0v) is 13.2. The topological polar surface area (TPSA) is 37.3 Å². The Labute approximate surface area is 136 Å². The molecule has 0 aliphatic heterocycles. The van der Waals surface area contributed by atoms with Gasteiger partial charge in [0, 0.05) is 5.56 Å². The first-order chi connectivity index (χ1) is 11.0. The molecule has 1 fully saturated rings. The molecule has 0 atom stereocenters. The van der Waals surface area contributed by atoms with Crippen LogP contribution in [0.4, 0.5) is 22.0 Å². The number of hydrogen-bond acceptors (Lipinski definition) is 1. The van der Waals surface area contributed by atoms with Crippen LogP contribution >= 0.6 is 0 Å². The van der Waals surface area contributed by atoms with E-state index < -0.39 is 29.0 Å². The van der Waals surface area contributed by atoms with Crippen molar-refractivity contribution in [1.29, 1.82) is 0 Å². The summed E-state index contributed by atoms with van der Waals surface area (Å²) in [4.78, 5) is 11.8. The van der Waals surface area contributed by atoms with Crippen LogP contribution in [0.5, 0.6) is 0 Å². The number of halogens is 5. The second-order valence-corrected chi connectivity index (χ2v) is 6.39. The molecule has 0 heterocycles. The minimum absolute atomic E-state index is 0.284. The number of rotatable bonds is 4. The summed E-state index contributed by atoms with van der Waals surface area (Å²) in [5.41, 5.74) is -2.11. The summed E-state index contributed by atoms with van der Waals surface area (Å²) in [6.45, 7) is 2.02. The summed E-state index contributed by atoms with van der Waals surface area (Å²) < 4.78 is 63.9. The maximum atomic E-state index is 13.3. The summed E-state index contributed by atoms with van der Waals surface area (Å²) >= 11 is 0. The number of carboxylic acids is 1. The molecule has 0 saturated heterocycles. The molecule has 1 aliphatic carbocycles. The minimum Gasteiger partial charge on any atom is -0.481 e. The van der Waals surface area contributed by atoms with Crippen LogP contribution in [0.1, 0.15) is 50.2 Å². The first kappa shape index (κ1) is 18.7. The van der Waals surface area contributed by atoms with Crippen molar-refractivity contribution in [3.05, 3.63) is 35.4 Å². The molecule has 1 aliphatic rings. The van der Waals surface area contributed by atoms with E-state index in [2.05, 4.69) is 0 Å². The SMILES string of the molecule is CCC1CCC(C(=O)O)(c2ccc(C(F)(F)C(F)(F)F)cc2)CC1. The van der Waals surface area contributed by atoms with Crippen LogP contribution in [-0.4, -0.2) is 17.3 Å². The van der Waals surface area contributed by atoms with Gasteiger partial charge in [-0.15, -0.1) is 0 Å². The summed E-state index contributed by atoms with van der Waals surface area (Å²) in [6, 6.07) is 3.55. The van der Waals surface area contributed by atoms with Gasteiger partial charge >= 0.3 is 18.1 Å². The van der Waals surface area contributed by atoms with Crippen molar-refractivity contribution in [2.24, 2.45) is 5.92 Å². The van der Waals surface area contributed by atoms with Crippen LogP contribution < -0.4 is 0 Å². The zero-order chi connectivity index (χ0) is 18.2. The molecular weight excluding hydrogens is 331 g/mol. The van der Waals surface area contributed by atoms with E-state index in [1.807, 2.05) is 6.92 Å². The first-order valence-electron chi connectivity index (χ1n) is 7.83. The number of benzene rings is 1. The predicted molar refractivity (Wildman–Crippen MR) is 78.0 cm³/mol. The van der Waals surface area contributed by atoms with Crippen LogP contribution in [0.2, 0.25) is 0 Å². The average molecular weight is 350 g/mol. The number of alkyl halides is 5. The van der Waals surface area contributed by atoms with Crippen LogP contribution in [0, 0.1) is 5.92 Å². The molecule has 1 saturated carbocycles. The normalized spacial score (nSPS) is 25.5. The number of carboxylic acid groups (broad SMARTS) is 1. The van der Waals surface area contributed by atoms with Crippen molar-refractivity contribution in [1.82, 2.24) is 0 Å². The smallest absolute Gasteiger partial charge is 0.458 e. The second-order valence-electron chi connectivity index (χ2n) is 6.39. The molecule has 2 nitrogen and oxygen atoms in total. The average Bonchev–Trinajstić information content (AvgIpc) is 2.53. The highest BCUT2D eigenvalue weighted by molar-refractivity contribution is 5.81. The maximum Gasteiger partial charge on any atom is 0.458 e. The quantitative estimate of drug-likeness (QED) is 0.752. The Morgan fingerprint density at radius 1 is 1.12 bits per heavy atom. The number of aliphatic carboxylic acids is 1. The Morgan fingerprint density at radius 3 is 2.00 bits per heavy atom. The molecule has 1 aromatic rings. The Bertz CT molecular complexity index is 584. The standard InChI is InChI=1S/C17H19F5O2/c1-2-11-7-9-15(10-8-11,14(23)24)12-3-5-13(6-4-12)16(18,19)17(20,21)22/h3-6,11H,2,7-10H2,1H3,(H,23,24). The molecule has 134 valence electrons.